The first-order valence-electron chi connectivity index (χ1n) is 6.90. The highest BCUT2D eigenvalue weighted by Gasteiger charge is 2.19. The van der Waals surface area contributed by atoms with Gasteiger partial charge in [0, 0.05) is 18.7 Å². The van der Waals surface area contributed by atoms with Crippen molar-refractivity contribution in [2.45, 2.75) is 20.8 Å². The minimum Gasteiger partial charge on any atom is -0.496 e. The molecular weight excluding hydrogens is 274 g/mol. The second-order valence-electron chi connectivity index (χ2n) is 4.17. The predicted octanol–water partition coefficient (Wildman–Crippen LogP) is 2.29. The van der Waals surface area contributed by atoms with Gasteiger partial charge in [0.2, 0.25) is 0 Å². The summed E-state index contributed by atoms with van der Waals surface area (Å²) in [6.45, 7) is 7.01. The van der Waals surface area contributed by atoms with Gasteiger partial charge in [-0.15, -0.1) is 0 Å². The molecule has 0 atom stereocenters. The minimum atomic E-state index is -0.657. The summed E-state index contributed by atoms with van der Waals surface area (Å²) in [6.07, 6.45) is 0. The third-order valence-electron chi connectivity index (χ3n) is 2.97. The van der Waals surface area contributed by atoms with Crippen molar-refractivity contribution in [2.24, 2.45) is 0 Å². The van der Waals surface area contributed by atoms with Crippen molar-refractivity contribution in [2.75, 3.05) is 26.8 Å². The molecule has 1 rings (SSSR count). The van der Waals surface area contributed by atoms with Gasteiger partial charge >= 0.3 is 5.97 Å². The van der Waals surface area contributed by atoms with Gasteiger partial charge in [-0.25, -0.2) is 4.79 Å². The molecule has 0 N–H and O–H groups in total. The first kappa shape index (κ1) is 17.0. The van der Waals surface area contributed by atoms with Crippen LogP contribution in [0.25, 0.3) is 0 Å². The Bertz CT molecular complexity index is 497. The smallest absolute Gasteiger partial charge is 0.376 e. The van der Waals surface area contributed by atoms with Gasteiger partial charge < -0.3 is 9.64 Å². The lowest BCUT2D eigenvalue weighted by Gasteiger charge is -2.19. The van der Waals surface area contributed by atoms with E-state index in [9.17, 15) is 9.59 Å². The first-order chi connectivity index (χ1) is 10.1. The number of hydrogen-bond donors (Lipinski definition) is 0. The summed E-state index contributed by atoms with van der Waals surface area (Å²) in [4.78, 5) is 34.9. The summed E-state index contributed by atoms with van der Waals surface area (Å²) in [7, 11) is 1.43. The van der Waals surface area contributed by atoms with Crippen LogP contribution >= 0.6 is 0 Å². The van der Waals surface area contributed by atoms with Crippen molar-refractivity contribution < 1.29 is 24.1 Å². The molecule has 0 aliphatic carbocycles. The van der Waals surface area contributed by atoms with Crippen LogP contribution in [0.15, 0.2) is 18.2 Å². The molecule has 1 amide bonds. The van der Waals surface area contributed by atoms with Crippen LogP contribution in [0.4, 0.5) is 0 Å². The highest BCUT2D eigenvalue weighted by Crippen LogP contribution is 2.22. The lowest BCUT2D eigenvalue weighted by Crippen LogP contribution is -2.30. The number of carbonyl (C=O) groups is 2. The van der Waals surface area contributed by atoms with Crippen molar-refractivity contribution in [3.05, 3.63) is 29.3 Å². The summed E-state index contributed by atoms with van der Waals surface area (Å²) in [5.41, 5.74) is 0.672. The molecule has 0 unspecified atom stereocenters. The summed E-state index contributed by atoms with van der Waals surface area (Å²) in [5, 5.41) is 0. The number of carbonyl (C=O) groups excluding carboxylic acids is 2. The zero-order valence-electron chi connectivity index (χ0n) is 12.8. The molecule has 6 heteroatoms. The summed E-state index contributed by atoms with van der Waals surface area (Å²) < 4.78 is 5.16. The molecule has 0 aliphatic heterocycles. The summed E-state index contributed by atoms with van der Waals surface area (Å²) in [6, 6.07) is 4.60. The van der Waals surface area contributed by atoms with Crippen LogP contribution in [-0.4, -0.2) is 43.6 Å². The second kappa shape index (κ2) is 8.26. The maximum Gasteiger partial charge on any atom is 0.376 e. The molecule has 0 radical (unpaired) electrons. The molecule has 0 saturated carbocycles. The number of amides is 1. The van der Waals surface area contributed by atoms with Gasteiger partial charge in [0.1, 0.15) is 11.3 Å². The number of ether oxygens (including phenoxy) is 1. The number of benzene rings is 1. The summed E-state index contributed by atoms with van der Waals surface area (Å²) in [5.74, 6) is -0.490. The zero-order chi connectivity index (χ0) is 15.8. The molecule has 0 aromatic heterocycles. The Morgan fingerprint density at radius 1 is 1.14 bits per heavy atom. The lowest BCUT2D eigenvalue weighted by molar-refractivity contribution is -0.236. The van der Waals surface area contributed by atoms with Crippen molar-refractivity contribution in [3.8, 4) is 5.75 Å². The molecule has 0 spiro atoms. The zero-order valence-corrected chi connectivity index (χ0v) is 12.8. The minimum absolute atomic E-state index is 0.108. The topological polar surface area (TPSA) is 65.1 Å². The van der Waals surface area contributed by atoms with Gasteiger partial charge in [-0.3, -0.25) is 9.68 Å². The van der Waals surface area contributed by atoms with Crippen molar-refractivity contribution in [3.63, 3.8) is 0 Å². The van der Waals surface area contributed by atoms with E-state index in [1.165, 1.54) is 19.2 Å². The number of methoxy groups -OCH3 is 1. The molecular formula is C15H21NO5. The Kier molecular flexibility index (Phi) is 6.68. The molecule has 116 valence electrons. The average Bonchev–Trinajstić information content (AvgIpc) is 2.52. The van der Waals surface area contributed by atoms with E-state index in [1.807, 2.05) is 13.8 Å². The highest BCUT2D eigenvalue weighted by molar-refractivity contribution is 5.98. The van der Waals surface area contributed by atoms with Gasteiger partial charge in [0.25, 0.3) is 5.91 Å². The van der Waals surface area contributed by atoms with E-state index in [1.54, 1.807) is 17.9 Å². The van der Waals surface area contributed by atoms with Crippen molar-refractivity contribution in [1.82, 2.24) is 4.90 Å². The molecule has 6 nitrogen and oxygen atoms in total. The summed E-state index contributed by atoms with van der Waals surface area (Å²) >= 11 is 0. The van der Waals surface area contributed by atoms with Crippen molar-refractivity contribution in [1.29, 1.82) is 0 Å². The predicted molar refractivity (Wildman–Crippen MR) is 77.3 cm³/mol. The Balaban J connectivity index is 3.03. The highest BCUT2D eigenvalue weighted by atomic mass is 17.2. The monoisotopic (exact) mass is 295 g/mol. The fourth-order valence-electron chi connectivity index (χ4n) is 1.84. The third-order valence-corrected chi connectivity index (χ3v) is 2.97. The Labute approximate surface area is 124 Å². The molecule has 0 aliphatic rings. The molecule has 0 bridgehead atoms. The van der Waals surface area contributed by atoms with Crippen LogP contribution in [-0.2, 0) is 9.78 Å². The van der Waals surface area contributed by atoms with E-state index in [-0.39, 0.29) is 23.8 Å². The number of nitrogens with zero attached hydrogens (tertiary/aromatic N) is 1. The Hall–Kier alpha value is -2.08. The SMILES string of the molecule is CCOOC(=O)c1ccc(C(=O)N(CC)CC)cc1OC. The van der Waals surface area contributed by atoms with Crippen molar-refractivity contribution >= 4 is 11.9 Å². The van der Waals surface area contributed by atoms with Crippen LogP contribution in [0.2, 0.25) is 0 Å². The molecule has 1 aromatic rings. The maximum absolute atomic E-state index is 12.3. The number of hydrogen-bond acceptors (Lipinski definition) is 5. The van der Waals surface area contributed by atoms with Gasteiger partial charge in [-0.05, 0) is 39.0 Å². The van der Waals surface area contributed by atoms with E-state index in [0.29, 0.717) is 18.7 Å². The van der Waals surface area contributed by atoms with Gasteiger partial charge in [0.15, 0.2) is 0 Å². The Morgan fingerprint density at radius 3 is 2.33 bits per heavy atom. The van der Waals surface area contributed by atoms with Gasteiger partial charge in [0.05, 0.1) is 13.7 Å². The van der Waals surface area contributed by atoms with Gasteiger partial charge in [-0.2, -0.15) is 4.89 Å². The quantitative estimate of drug-likeness (QED) is 0.570. The van der Waals surface area contributed by atoms with Gasteiger partial charge in [-0.1, -0.05) is 0 Å². The van der Waals surface area contributed by atoms with E-state index in [2.05, 4.69) is 9.78 Å². The molecule has 0 fully saturated rings. The van der Waals surface area contributed by atoms with Crippen LogP contribution in [0, 0.1) is 0 Å². The van der Waals surface area contributed by atoms with Crippen LogP contribution in [0.5, 0.6) is 5.75 Å². The largest absolute Gasteiger partial charge is 0.496 e. The van der Waals surface area contributed by atoms with E-state index >= 15 is 0 Å². The van der Waals surface area contributed by atoms with Crippen LogP contribution < -0.4 is 4.74 Å². The first-order valence-corrected chi connectivity index (χ1v) is 6.90. The third kappa shape index (κ3) is 4.19. The second-order valence-corrected chi connectivity index (χ2v) is 4.17. The standard InChI is InChI=1S/C15H21NO5/c1-5-16(6-2)14(17)11-8-9-12(13(10-11)19-4)15(18)21-20-7-3/h8-10H,5-7H2,1-4H3. The maximum atomic E-state index is 12.3. The van der Waals surface area contributed by atoms with Crippen LogP contribution in [0.3, 0.4) is 0 Å². The fraction of sp³-hybridized carbons (Fsp3) is 0.467. The molecule has 0 saturated heterocycles. The van der Waals surface area contributed by atoms with E-state index in [4.69, 9.17) is 4.74 Å². The normalized spacial score (nSPS) is 10.1. The van der Waals surface area contributed by atoms with E-state index in [0.717, 1.165) is 0 Å². The molecule has 21 heavy (non-hydrogen) atoms. The average molecular weight is 295 g/mol. The number of rotatable bonds is 7. The molecule has 0 heterocycles. The van der Waals surface area contributed by atoms with Crippen LogP contribution in [0.1, 0.15) is 41.5 Å². The van der Waals surface area contributed by atoms with E-state index < -0.39 is 5.97 Å². The lowest BCUT2D eigenvalue weighted by atomic mass is 10.1. The Morgan fingerprint density at radius 2 is 1.81 bits per heavy atom. The fourth-order valence-corrected chi connectivity index (χ4v) is 1.84. The molecule has 1 aromatic carbocycles.